The number of carbonyl (C=O) groups is 1. The number of fused-ring (bicyclic) bond motifs is 1. The molecule has 0 N–H and O–H groups in total. The van der Waals surface area contributed by atoms with Crippen LogP contribution in [0.4, 0.5) is 17.6 Å². The molecule has 0 fully saturated rings. The molecule has 2 heterocycles. The second-order valence-electron chi connectivity index (χ2n) is 5.30. The number of hydrogen-bond donors (Lipinski definition) is 0. The maximum absolute atomic E-state index is 14.5. The van der Waals surface area contributed by atoms with Crippen molar-refractivity contribution in [2.75, 3.05) is 6.61 Å². The highest BCUT2D eigenvalue weighted by molar-refractivity contribution is 6.33. The van der Waals surface area contributed by atoms with Gasteiger partial charge >= 0.3 is 12.1 Å². The number of carbonyl (C=O) groups excluding carboxylic acids is 1. The van der Waals surface area contributed by atoms with Gasteiger partial charge < -0.3 is 4.74 Å². The van der Waals surface area contributed by atoms with Gasteiger partial charge in [0, 0.05) is 18.5 Å². The zero-order valence-corrected chi connectivity index (χ0v) is 14.3. The molecule has 0 unspecified atom stereocenters. The van der Waals surface area contributed by atoms with Gasteiger partial charge in [0.2, 0.25) is 5.78 Å². The van der Waals surface area contributed by atoms with E-state index in [1.165, 1.54) is 0 Å². The summed E-state index contributed by atoms with van der Waals surface area (Å²) in [6.45, 7) is 1.57. The zero-order valence-electron chi connectivity index (χ0n) is 13.6. The van der Waals surface area contributed by atoms with Crippen LogP contribution in [0, 0.1) is 5.82 Å². The zero-order chi connectivity index (χ0) is 19.9. The maximum Gasteiger partial charge on any atom is 0.432 e. The Morgan fingerprint density at radius 1 is 1.30 bits per heavy atom. The van der Waals surface area contributed by atoms with Crippen molar-refractivity contribution in [3.05, 3.63) is 63.0 Å². The predicted octanol–water partition coefficient (Wildman–Crippen LogP) is 3.47. The van der Waals surface area contributed by atoms with Gasteiger partial charge in [-0.1, -0.05) is 11.6 Å². The van der Waals surface area contributed by atoms with Crippen molar-refractivity contribution in [2.24, 2.45) is 0 Å². The molecule has 2 aromatic heterocycles. The molecule has 27 heavy (non-hydrogen) atoms. The first-order valence-corrected chi connectivity index (χ1v) is 7.85. The number of ether oxygens (including phenoxy) is 1. The summed E-state index contributed by atoms with van der Waals surface area (Å²) in [7, 11) is 0. The van der Waals surface area contributed by atoms with Gasteiger partial charge in [0.1, 0.15) is 11.5 Å². The van der Waals surface area contributed by atoms with E-state index in [4.69, 9.17) is 16.3 Å². The summed E-state index contributed by atoms with van der Waals surface area (Å²) in [5, 5.41) is -0.269. The third kappa shape index (κ3) is 3.27. The number of alkyl halides is 3. The number of imidazole rings is 1. The van der Waals surface area contributed by atoms with Crippen molar-refractivity contribution in [3.63, 3.8) is 0 Å². The van der Waals surface area contributed by atoms with Gasteiger partial charge in [-0.25, -0.2) is 18.7 Å². The Labute approximate surface area is 153 Å². The Kier molecular flexibility index (Phi) is 4.68. The molecule has 1 aromatic carbocycles. The number of esters is 1. The lowest BCUT2D eigenvalue weighted by Crippen LogP contribution is -2.26. The van der Waals surface area contributed by atoms with Gasteiger partial charge in [-0.15, -0.1) is 0 Å². The van der Waals surface area contributed by atoms with Gasteiger partial charge in [-0.05, 0) is 19.1 Å². The van der Waals surface area contributed by atoms with Crippen LogP contribution in [-0.2, 0) is 10.9 Å². The topological polar surface area (TPSA) is 65.6 Å². The van der Waals surface area contributed by atoms with E-state index in [1.54, 1.807) is 6.92 Å². The van der Waals surface area contributed by atoms with E-state index in [0.717, 1.165) is 24.5 Å². The monoisotopic (exact) mass is 403 g/mol. The molecular formula is C16H10ClF4N3O3. The molecular weight excluding hydrogens is 394 g/mol. The van der Waals surface area contributed by atoms with E-state index < -0.39 is 40.7 Å². The first-order valence-electron chi connectivity index (χ1n) is 7.48. The van der Waals surface area contributed by atoms with E-state index in [1.807, 2.05) is 0 Å². The first-order chi connectivity index (χ1) is 12.6. The van der Waals surface area contributed by atoms with Crippen LogP contribution in [0.5, 0.6) is 0 Å². The Morgan fingerprint density at radius 2 is 2.00 bits per heavy atom. The molecule has 0 aliphatic heterocycles. The lowest BCUT2D eigenvalue weighted by atomic mass is 10.2. The fourth-order valence-electron chi connectivity index (χ4n) is 2.52. The molecule has 11 heteroatoms. The molecule has 0 aliphatic carbocycles. The number of nitrogens with zero attached hydrogens (tertiary/aromatic N) is 3. The largest absolute Gasteiger partial charge is 0.462 e. The minimum Gasteiger partial charge on any atom is -0.462 e. The summed E-state index contributed by atoms with van der Waals surface area (Å²) < 4.78 is 59.9. The van der Waals surface area contributed by atoms with Crippen LogP contribution in [0.25, 0.3) is 11.5 Å². The van der Waals surface area contributed by atoms with Crippen molar-refractivity contribution >= 4 is 23.3 Å². The van der Waals surface area contributed by atoms with Gasteiger partial charge in [0.05, 0.1) is 22.9 Å². The lowest BCUT2D eigenvalue weighted by molar-refractivity contribution is -0.142. The molecule has 3 aromatic rings. The molecule has 142 valence electrons. The number of rotatable bonds is 3. The summed E-state index contributed by atoms with van der Waals surface area (Å²) in [6.07, 6.45) is -2.82. The van der Waals surface area contributed by atoms with E-state index in [9.17, 15) is 27.2 Å². The molecule has 0 saturated heterocycles. The highest BCUT2D eigenvalue weighted by Crippen LogP contribution is 2.30. The van der Waals surface area contributed by atoms with Crippen LogP contribution in [0.1, 0.15) is 23.0 Å². The van der Waals surface area contributed by atoms with E-state index in [-0.39, 0.29) is 17.2 Å². The third-order valence-electron chi connectivity index (χ3n) is 3.62. The second-order valence-corrected chi connectivity index (χ2v) is 5.71. The molecule has 3 rings (SSSR count). The Hall–Kier alpha value is -2.88. The van der Waals surface area contributed by atoms with Crippen molar-refractivity contribution < 1.29 is 27.1 Å². The summed E-state index contributed by atoms with van der Waals surface area (Å²) in [6, 6.07) is 2.01. The van der Waals surface area contributed by atoms with Crippen LogP contribution in [-0.4, -0.2) is 26.5 Å². The number of benzene rings is 1. The van der Waals surface area contributed by atoms with Gasteiger partial charge in [-0.3, -0.25) is 9.20 Å². The van der Waals surface area contributed by atoms with Gasteiger partial charge in [0.25, 0.3) is 5.56 Å². The van der Waals surface area contributed by atoms with E-state index >= 15 is 0 Å². The summed E-state index contributed by atoms with van der Waals surface area (Å²) in [4.78, 5) is 28.0. The summed E-state index contributed by atoms with van der Waals surface area (Å²) >= 11 is 5.84. The second kappa shape index (κ2) is 6.69. The molecule has 0 radical (unpaired) electrons. The molecule has 6 nitrogen and oxygen atoms in total. The Balaban J connectivity index is 2.33. The van der Waals surface area contributed by atoms with Gasteiger partial charge in [0.15, 0.2) is 0 Å². The fourth-order valence-corrected chi connectivity index (χ4v) is 2.75. The smallest absolute Gasteiger partial charge is 0.432 e. The van der Waals surface area contributed by atoms with Crippen LogP contribution < -0.4 is 5.56 Å². The van der Waals surface area contributed by atoms with Crippen LogP contribution in [0.15, 0.2) is 35.4 Å². The van der Waals surface area contributed by atoms with Crippen molar-refractivity contribution in [1.82, 2.24) is 14.0 Å². The highest BCUT2D eigenvalue weighted by atomic mass is 35.5. The fraction of sp³-hybridized carbons (Fsp3) is 0.188. The average Bonchev–Trinajstić information content (AvgIpc) is 3.03. The predicted molar refractivity (Wildman–Crippen MR) is 86.7 cm³/mol. The first kappa shape index (κ1) is 18.9. The van der Waals surface area contributed by atoms with Gasteiger partial charge in [-0.2, -0.15) is 13.2 Å². The Morgan fingerprint density at radius 3 is 2.63 bits per heavy atom. The number of hydrogen-bond acceptors (Lipinski definition) is 4. The van der Waals surface area contributed by atoms with E-state index in [2.05, 4.69) is 4.98 Å². The minimum atomic E-state index is -4.83. The normalized spacial score (nSPS) is 11.8. The molecule has 0 spiro atoms. The quantitative estimate of drug-likeness (QED) is 0.496. The molecule has 0 aliphatic rings. The lowest BCUT2D eigenvalue weighted by Gasteiger charge is -2.15. The minimum absolute atomic E-state index is 0.0204. The number of halogens is 5. The highest BCUT2D eigenvalue weighted by Gasteiger charge is 2.35. The van der Waals surface area contributed by atoms with Crippen LogP contribution >= 0.6 is 11.6 Å². The van der Waals surface area contributed by atoms with Crippen molar-refractivity contribution in [3.8, 4) is 5.69 Å². The number of aromatic nitrogens is 3. The average molecular weight is 404 g/mol. The SMILES string of the molecule is CCOC(=O)c1cc(-n2c(=O)cc(C(F)(F)F)n3ccnc23)c(F)cc1Cl. The third-order valence-corrected chi connectivity index (χ3v) is 3.94. The van der Waals surface area contributed by atoms with Crippen molar-refractivity contribution in [2.45, 2.75) is 13.1 Å². The summed E-state index contributed by atoms with van der Waals surface area (Å²) in [5.74, 6) is -2.38. The molecule has 0 amide bonds. The van der Waals surface area contributed by atoms with Crippen LogP contribution in [0.2, 0.25) is 5.02 Å². The van der Waals surface area contributed by atoms with Crippen molar-refractivity contribution in [1.29, 1.82) is 0 Å². The molecule has 0 bridgehead atoms. The molecule has 0 saturated carbocycles. The molecule has 0 atom stereocenters. The Bertz CT molecular complexity index is 1100. The maximum atomic E-state index is 14.5. The summed E-state index contributed by atoms with van der Waals surface area (Å²) in [5.41, 5.74) is -3.18. The standard InChI is InChI=1S/C16H10ClF4N3O3/c1-2-27-14(26)8-5-11(10(18)6-9(8)17)24-13(25)7-12(16(19,20)21)23-4-3-22-15(23)24/h3-7H,2H2,1H3. The van der Waals surface area contributed by atoms with Crippen LogP contribution in [0.3, 0.4) is 0 Å². The van der Waals surface area contributed by atoms with E-state index in [0.29, 0.717) is 15.0 Å².